The molecule has 1 rings (SSSR count). The van der Waals surface area contributed by atoms with Gasteiger partial charge in [-0.25, -0.2) is 4.79 Å². The van der Waals surface area contributed by atoms with Crippen LogP contribution in [0.5, 0.6) is 5.75 Å². The van der Waals surface area contributed by atoms with Gasteiger partial charge in [0.15, 0.2) is 5.96 Å². The number of ether oxygens (including phenoxy) is 1. The summed E-state index contributed by atoms with van der Waals surface area (Å²) in [6.07, 6.45) is 3.57. The number of carboxylic acid groups (broad SMARTS) is 1. The van der Waals surface area contributed by atoms with Gasteiger partial charge in [-0.1, -0.05) is 30.9 Å². The number of aliphatic carboxylic acids is 1. The van der Waals surface area contributed by atoms with Crippen molar-refractivity contribution in [3.63, 3.8) is 0 Å². The molecule has 12 nitrogen and oxygen atoms in total. The van der Waals surface area contributed by atoms with Crippen molar-refractivity contribution >= 4 is 42.1 Å². The molecule has 13 heteroatoms. The van der Waals surface area contributed by atoms with Gasteiger partial charge >= 0.3 is 5.97 Å². The average Bonchev–Trinajstić information content (AvgIpc) is 2.84. The van der Waals surface area contributed by atoms with E-state index in [0.29, 0.717) is 18.8 Å². The molecule has 0 fully saturated rings. The maximum atomic E-state index is 13.2. The molecule has 0 saturated carbocycles. The largest absolute Gasteiger partial charge is 0.490 e. The first-order chi connectivity index (χ1) is 17.6. The molecule has 0 aromatic heterocycles. The lowest BCUT2D eigenvalue weighted by Gasteiger charge is -2.24. The highest BCUT2D eigenvalue weighted by molar-refractivity contribution is 5.93. The zero-order valence-electron chi connectivity index (χ0n) is 21.4. The molecule has 0 saturated heterocycles. The Hall–Kier alpha value is -4.06. The average molecular weight is 553 g/mol. The monoisotopic (exact) mass is 552 g/mol. The molecule has 38 heavy (non-hydrogen) atoms. The minimum Gasteiger partial charge on any atom is -0.490 e. The lowest BCUT2D eigenvalue weighted by atomic mass is 10.0. The fourth-order valence-corrected chi connectivity index (χ4v) is 3.27. The van der Waals surface area contributed by atoms with Crippen LogP contribution in [0.25, 0.3) is 0 Å². The van der Waals surface area contributed by atoms with Gasteiger partial charge in [0.2, 0.25) is 17.7 Å². The molecular weight excluding hydrogens is 516 g/mol. The third-order valence-corrected chi connectivity index (χ3v) is 5.02. The molecule has 0 bridgehead atoms. The first-order valence-electron chi connectivity index (χ1n) is 11.7. The van der Waals surface area contributed by atoms with E-state index < -0.39 is 41.8 Å². The molecular formula is C25H37ClN6O6. The smallest absolute Gasteiger partial charge is 0.326 e. The van der Waals surface area contributed by atoms with Gasteiger partial charge in [-0.15, -0.1) is 19.0 Å². The number of hydrogen-bond donors (Lipinski definition) is 6. The number of benzene rings is 1. The van der Waals surface area contributed by atoms with Gasteiger partial charge in [-0.3, -0.25) is 19.4 Å². The van der Waals surface area contributed by atoms with E-state index in [2.05, 4.69) is 34.1 Å². The number of halogens is 1. The number of carbonyl (C=O) groups is 4. The lowest BCUT2D eigenvalue weighted by Crippen LogP contribution is -2.56. The Labute approximate surface area is 228 Å². The first-order valence-corrected chi connectivity index (χ1v) is 11.7. The van der Waals surface area contributed by atoms with Crippen LogP contribution in [0.4, 0.5) is 0 Å². The van der Waals surface area contributed by atoms with Crippen LogP contribution in [0.3, 0.4) is 0 Å². The Morgan fingerprint density at radius 2 is 1.61 bits per heavy atom. The van der Waals surface area contributed by atoms with Crippen molar-refractivity contribution in [3.05, 3.63) is 55.1 Å². The molecule has 3 atom stereocenters. The summed E-state index contributed by atoms with van der Waals surface area (Å²) in [5, 5.41) is 17.0. The molecule has 0 aliphatic rings. The van der Waals surface area contributed by atoms with E-state index in [1.807, 2.05) is 0 Å². The Balaban J connectivity index is 0.0000137. The van der Waals surface area contributed by atoms with Crippen molar-refractivity contribution in [2.24, 2.45) is 16.5 Å². The van der Waals surface area contributed by atoms with Crippen LogP contribution < -0.4 is 32.2 Å². The summed E-state index contributed by atoms with van der Waals surface area (Å²) < 4.78 is 5.45. The zero-order valence-corrected chi connectivity index (χ0v) is 22.2. The van der Waals surface area contributed by atoms with Crippen molar-refractivity contribution in [3.8, 4) is 5.75 Å². The summed E-state index contributed by atoms with van der Waals surface area (Å²) >= 11 is 0. The maximum absolute atomic E-state index is 13.2. The van der Waals surface area contributed by atoms with E-state index in [4.69, 9.17) is 16.2 Å². The molecule has 0 radical (unpaired) electrons. The van der Waals surface area contributed by atoms with Gasteiger partial charge < -0.3 is 37.3 Å². The highest BCUT2D eigenvalue weighted by Gasteiger charge is 2.28. The van der Waals surface area contributed by atoms with E-state index in [1.165, 1.54) is 13.0 Å². The van der Waals surface area contributed by atoms with Gasteiger partial charge in [-0.05, 0) is 37.0 Å². The zero-order chi connectivity index (χ0) is 27.8. The lowest BCUT2D eigenvalue weighted by molar-refractivity contribution is -0.142. The van der Waals surface area contributed by atoms with Crippen LogP contribution in [0.15, 0.2) is 54.6 Å². The number of guanidine groups is 1. The number of carboxylic acids is 1. The van der Waals surface area contributed by atoms with E-state index in [1.54, 1.807) is 30.3 Å². The Morgan fingerprint density at radius 3 is 2.13 bits per heavy atom. The molecule has 0 unspecified atom stereocenters. The highest BCUT2D eigenvalue weighted by atomic mass is 35.5. The number of carbonyl (C=O) groups excluding carboxylic acids is 3. The molecule has 210 valence electrons. The van der Waals surface area contributed by atoms with Crippen molar-refractivity contribution in [2.75, 3.05) is 13.2 Å². The van der Waals surface area contributed by atoms with E-state index in [-0.39, 0.29) is 44.2 Å². The summed E-state index contributed by atoms with van der Waals surface area (Å²) in [6, 6.07) is 3.67. The number of rotatable bonds is 17. The summed E-state index contributed by atoms with van der Waals surface area (Å²) in [4.78, 5) is 53.2. The molecule has 0 aliphatic heterocycles. The van der Waals surface area contributed by atoms with E-state index >= 15 is 0 Å². The third kappa shape index (κ3) is 13.3. The third-order valence-electron chi connectivity index (χ3n) is 5.02. The van der Waals surface area contributed by atoms with Crippen molar-refractivity contribution in [1.29, 1.82) is 0 Å². The summed E-state index contributed by atoms with van der Waals surface area (Å²) in [5.41, 5.74) is 11.4. The standard InChI is InChI=1S/C25H36N6O6.ClH/c1-4-7-20(24(35)36)31-22(33)19(8-6-13-28-25(26)27)30-23(34)21(29-16(3)32)15-17-9-11-18(12-10-17)37-14-5-2;/h4-5,9-12,19-21H,1-2,6-8,13-15H2,3H3,(H,29,32)(H,30,34)(H,31,33)(H,35,36)(H4,26,27,28);1H/t19-,20+,21+;/m1./s1. The predicted octanol–water partition coefficient (Wildman–Crippen LogP) is 0.404. The topological polar surface area (TPSA) is 198 Å². The summed E-state index contributed by atoms with van der Waals surface area (Å²) in [7, 11) is 0. The Morgan fingerprint density at radius 1 is 1.00 bits per heavy atom. The number of nitrogens with two attached hydrogens (primary N) is 2. The van der Waals surface area contributed by atoms with Crippen LogP contribution in [-0.4, -0.2) is 66.0 Å². The minimum absolute atomic E-state index is 0. The second-order valence-electron chi connectivity index (χ2n) is 8.13. The molecule has 0 aliphatic carbocycles. The van der Waals surface area contributed by atoms with Gasteiger partial charge in [-0.2, -0.15) is 0 Å². The summed E-state index contributed by atoms with van der Waals surface area (Å²) in [6.45, 7) is 8.91. The predicted molar refractivity (Wildman–Crippen MR) is 147 cm³/mol. The Bertz CT molecular complexity index is 981. The van der Waals surface area contributed by atoms with Crippen molar-refractivity contribution in [1.82, 2.24) is 16.0 Å². The van der Waals surface area contributed by atoms with Crippen molar-refractivity contribution < 1.29 is 29.0 Å². The van der Waals surface area contributed by atoms with Crippen molar-refractivity contribution in [2.45, 2.75) is 50.7 Å². The van der Waals surface area contributed by atoms with Gasteiger partial charge in [0.25, 0.3) is 0 Å². The van der Waals surface area contributed by atoms with Crippen LogP contribution >= 0.6 is 12.4 Å². The van der Waals surface area contributed by atoms with Crippen LogP contribution in [0.2, 0.25) is 0 Å². The molecule has 1 aromatic carbocycles. The van der Waals surface area contributed by atoms with E-state index in [0.717, 1.165) is 5.56 Å². The maximum Gasteiger partial charge on any atom is 0.326 e. The molecule has 0 spiro atoms. The molecule has 0 heterocycles. The van der Waals surface area contributed by atoms with Crippen LogP contribution in [0.1, 0.15) is 31.7 Å². The number of amides is 3. The molecule has 8 N–H and O–H groups in total. The minimum atomic E-state index is -1.24. The summed E-state index contributed by atoms with van der Waals surface area (Å²) in [5.74, 6) is -2.48. The van der Waals surface area contributed by atoms with E-state index in [9.17, 15) is 24.3 Å². The number of hydrogen-bond acceptors (Lipinski definition) is 6. The highest BCUT2D eigenvalue weighted by Crippen LogP contribution is 2.14. The van der Waals surface area contributed by atoms with Gasteiger partial charge in [0.1, 0.15) is 30.5 Å². The fraction of sp³-hybridized carbons (Fsp3) is 0.400. The number of nitrogens with one attached hydrogen (secondary N) is 3. The van der Waals surface area contributed by atoms with Gasteiger partial charge in [0.05, 0.1) is 0 Å². The second-order valence-corrected chi connectivity index (χ2v) is 8.13. The first kappa shape index (κ1) is 33.9. The molecule has 1 aromatic rings. The normalized spacial score (nSPS) is 12.3. The second kappa shape index (κ2) is 18.2. The fourth-order valence-electron chi connectivity index (χ4n) is 3.27. The van der Waals surface area contributed by atoms with Gasteiger partial charge in [0, 0.05) is 19.9 Å². The Kier molecular flexibility index (Phi) is 16.3. The number of aliphatic imine (C=N–C) groups is 1. The quantitative estimate of drug-likeness (QED) is 0.0690. The SMILES string of the molecule is C=CCOc1ccc(C[C@H](NC(C)=O)C(=O)N[C@H](CCCN=C(N)N)C(=O)N[C@@H](CC=C)C(=O)O)cc1.Cl. The molecule has 3 amide bonds. The van der Waals surface area contributed by atoms with Crippen LogP contribution in [0, 0.1) is 0 Å². The number of nitrogens with zero attached hydrogens (tertiary/aromatic N) is 1. The van der Waals surface area contributed by atoms with Crippen LogP contribution in [-0.2, 0) is 25.6 Å².